The van der Waals surface area contributed by atoms with Gasteiger partial charge in [-0.2, -0.15) is 0 Å². The number of carboxylic acid groups (broad SMARTS) is 1. The van der Waals surface area contributed by atoms with Crippen LogP contribution in [0.25, 0.3) is 0 Å². The molecule has 19 heavy (non-hydrogen) atoms. The van der Waals surface area contributed by atoms with E-state index < -0.39 is 21.7 Å². The van der Waals surface area contributed by atoms with Gasteiger partial charge in [0.2, 0.25) is 0 Å². The molecular weight excluding hydrogens is 288 g/mol. The first-order valence-corrected chi connectivity index (χ1v) is 8.31. The number of aromatic carboxylic acids is 1. The van der Waals surface area contributed by atoms with Crippen molar-refractivity contribution in [2.24, 2.45) is 11.3 Å². The van der Waals surface area contributed by atoms with Crippen LogP contribution in [-0.4, -0.2) is 31.0 Å². The van der Waals surface area contributed by atoms with Crippen molar-refractivity contribution >= 4 is 27.3 Å². The molecule has 1 aromatic heterocycles. The third-order valence-electron chi connectivity index (χ3n) is 3.71. The SMILES string of the molecule is CC(C)C1(CNS(=O)(=O)c2scnc2C(=O)O)CC1. The molecule has 6 nitrogen and oxygen atoms in total. The Morgan fingerprint density at radius 1 is 1.58 bits per heavy atom. The normalized spacial score (nSPS) is 17.6. The van der Waals surface area contributed by atoms with Crippen LogP contribution in [0.2, 0.25) is 0 Å². The molecule has 1 fully saturated rings. The van der Waals surface area contributed by atoms with Crippen LogP contribution in [0.5, 0.6) is 0 Å². The molecule has 0 spiro atoms. The van der Waals surface area contributed by atoms with Crippen LogP contribution in [0.4, 0.5) is 0 Å². The molecule has 1 aromatic rings. The van der Waals surface area contributed by atoms with Gasteiger partial charge < -0.3 is 5.11 Å². The minimum Gasteiger partial charge on any atom is -0.476 e. The summed E-state index contributed by atoms with van der Waals surface area (Å²) in [6.07, 6.45) is 2.00. The molecule has 0 bridgehead atoms. The van der Waals surface area contributed by atoms with Gasteiger partial charge in [-0.05, 0) is 24.2 Å². The van der Waals surface area contributed by atoms with Gasteiger partial charge in [-0.15, -0.1) is 11.3 Å². The number of hydrogen-bond donors (Lipinski definition) is 2. The number of hydrogen-bond acceptors (Lipinski definition) is 5. The predicted octanol–water partition coefficient (Wildman–Crippen LogP) is 1.56. The quantitative estimate of drug-likeness (QED) is 0.831. The zero-order valence-corrected chi connectivity index (χ0v) is 12.3. The van der Waals surface area contributed by atoms with E-state index in [2.05, 4.69) is 23.6 Å². The minimum absolute atomic E-state index is 0.0289. The Morgan fingerprint density at radius 2 is 2.21 bits per heavy atom. The fourth-order valence-corrected chi connectivity index (χ4v) is 4.31. The van der Waals surface area contributed by atoms with E-state index in [1.54, 1.807) is 0 Å². The lowest BCUT2D eigenvalue weighted by atomic mass is 9.93. The second-order valence-corrected chi connectivity index (χ2v) is 7.95. The van der Waals surface area contributed by atoms with E-state index in [1.165, 1.54) is 5.51 Å². The summed E-state index contributed by atoms with van der Waals surface area (Å²) < 4.78 is 26.5. The number of carboxylic acids is 1. The molecule has 1 aliphatic rings. The third-order valence-corrected chi connectivity index (χ3v) is 6.48. The largest absolute Gasteiger partial charge is 0.476 e. The van der Waals surface area contributed by atoms with E-state index >= 15 is 0 Å². The molecule has 0 unspecified atom stereocenters. The molecule has 0 amide bonds. The second-order valence-electron chi connectivity index (χ2n) is 5.14. The summed E-state index contributed by atoms with van der Waals surface area (Å²) in [6.45, 7) is 4.48. The van der Waals surface area contributed by atoms with Gasteiger partial charge in [0, 0.05) is 6.54 Å². The van der Waals surface area contributed by atoms with Crippen molar-refractivity contribution in [3.05, 3.63) is 11.2 Å². The van der Waals surface area contributed by atoms with Crippen LogP contribution < -0.4 is 4.72 Å². The van der Waals surface area contributed by atoms with E-state index in [0.717, 1.165) is 24.2 Å². The second kappa shape index (κ2) is 4.84. The summed E-state index contributed by atoms with van der Waals surface area (Å²) in [5, 5.41) is 8.90. The first kappa shape index (κ1) is 14.4. The number of thiazole rings is 1. The van der Waals surface area contributed by atoms with E-state index in [4.69, 9.17) is 5.11 Å². The predicted molar refractivity (Wildman–Crippen MR) is 70.8 cm³/mol. The number of nitrogens with one attached hydrogen (secondary N) is 1. The molecule has 2 N–H and O–H groups in total. The minimum atomic E-state index is -3.79. The molecule has 0 aliphatic heterocycles. The summed E-state index contributed by atoms with van der Waals surface area (Å²) in [6, 6.07) is 0. The highest BCUT2D eigenvalue weighted by Crippen LogP contribution is 2.51. The Kier molecular flexibility index (Phi) is 3.67. The number of carbonyl (C=O) groups is 1. The average Bonchev–Trinajstić information content (AvgIpc) is 2.94. The Hall–Kier alpha value is -0.990. The Morgan fingerprint density at radius 3 is 2.68 bits per heavy atom. The number of nitrogens with zero attached hydrogens (tertiary/aromatic N) is 1. The Bertz CT molecular complexity index is 588. The van der Waals surface area contributed by atoms with Crippen molar-refractivity contribution in [2.75, 3.05) is 6.54 Å². The van der Waals surface area contributed by atoms with E-state index in [0.29, 0.717) is 12.5 Å². The van der Waals surface area contributed by atoms with Gasteiger partial charge in [-0.25, -0.2) is 22.9 Å². The first-order valence-electron chi connectivity index (χ1n) is 5.95. The van der Waals surface area contributed by atoms with Crippen molar-refractivity contribution in [3.8, 4) is 0 Å². The Balaban J connectivity index is 2.15. The fraction of sp³-hybridized carbons (Fsp3) is 0.636. The molecule has 1 aliphatic carbocycles. The van der Waals surface area contributed by atoms with Crippen molar-refractivity contribution < 1.29 is 18.3 Å². The van der Waals surface area contributed by atoms with Gasteiger partial charge in [0.15, 0.2) is 9.90 Å². The zero-order chi connectivity index (χ0) is 14.3. The maximum absolute atomic E-state index is 12.1. The van der Waals surface area contributed by atoms with Crippen LogP contribution in [0.1, 0.15) is 37.2 Å². The number of sulfonamides is 1. The number of aromatic nitrogens is 1. The molecule has 0 aromatic carbocycles. The lowest BCUT2D eigenvalue weighted by Gasteiger charge is -2.19. The molecular formula is C11H16N2O4S2. The summed E-state index contributed by atoms with van der Waals surface area (Å²) in [5.74, 6) is -0.928. The molecule has 0 saturated heterocycles. The van der Waals surface area contributed by atoms with Crippen LogP contribution >= 0.6 is 11.3 Å². The maximum atomic E-state index is 12.1. The van der Waals surface area contributed by atoms with Gasteiger partial charge in [-0.3, -0.25) is 0 Å². The maximum Gasteiger partial charge on any atom is 0.356 e. The first-order chi connectivity index (χ1) is 8.78. The monoisotopic (exact) mass is 304 g/mol. The highest BCUT2D eigenvalue weighted by atomic mass is 32.2. The molecule has 106 valence electrons. The van der Waals surface area contributed by atoms with Gasteiger partial charge in [-0.1, -0.05) is 13.8 Å². The lowest BCUT2D eigenvalue weighted by Crippen LogP contribution is -2.33. The van der Waals surface area contributed by atoms with Gasteiger partial charge in [0.05, 0.1) is 5.51 Å². The highest BCUT2D eigenvalue weighted by molar-refractivity contribution is 7.91. The van der Waals surface area contributed by atoms with Crippen molar-refractivity contribution in [1.29, 1.82) is 0 Å². The molecule has 1 heterocycles. The van der Waals surface area contributed by atoms with Gasteiger partial charge in [0.1, 0.15) is 0 Å². The van der Waals surface area contributed by atoms with Crippen molar-refractivity contribution in [3.63, 3.8) is 0 Å². The average molecular weight is 304 g/mol. The summed E-state index contributed by atoms with van der Waals surface area (Å²) in [7, 11) is -3.79. The molecule has 2 rings (SSSR count). The summed E-state index contributed by atoms with van der Waals surface area (Å²) >= 11 is 0.822. The van der Waals surface area contributed by atoms with E-state index in [-0.39, 0.29) is 9.62 Å². The van der Waals surface area contributed by atoms with Crippen LogP contribution in [-0.2, 0) is 10.0 Å². The standard InChI is InChI=1S/C11H16N2O4S2/c1-7(2)11(3-4-11)5-13-19(16,17)10-8(9(14)15)12-6-18-10/h6-7,13H,3-5H2,1-2H3,(H,14,15). The topological polar surface area (TPSA) is 96.4 Å². The highest BCUT2D eigenvalue weighted by Gasteiger charge is 2.46. The molecule has 0 radical (unpaired) electrons. The van der Waals surface area contributed by atoms with Gasteiger partial charge in [0.25, 0.3) is 10.0 Å². The fourth-order valence-electron chi connectivity index (χ4n) is 1.99. The van der Waals surface area contributed by atoms with E-state index in [9.17, 15) is 13.2 Å². The van der Waals surface area contributed by atoms with E-state index in [1.807, 2.05) is 0 Å². The van der Waals surface area contributed by atoms with Gasteiger partial charge >= 0.3 is 5.97 Å². The van der Waals surface area contributed by atoms with Crippen LogP contribution in [0.15, 0.2) is 9.72 Å². The van der Waals surface area contributed by atoms with Crippen molar-refractivity contribution in [2.45, 2.75) is 30.9 Å². The zero-order valence-electron chi connectivity index (χ0n) is 10.7. The summed E-state index contributed by atoms with van der Waals surface area (Å²) in [5.41, 5.74) is 0.848. The van der Waals surface area contributed by atoms with Crippen LogP contribution in [0, 0.1) is 11.3 Å². The molecule has 8 heteroatoms. The van der Waals surface area contributed by atoms with Crippen LogP contribution in [0.3, 0.4) is 0 Å². The number of rotatable bonds is 6. The lowest BCUT2D eigenvalue weighted by molar-refractivity contribution is 0.0687. The molecule has 0 atom stereocenters. The third kappa shape index (κ3) is 2.80. The smallest absolute Gasteiger partial charge is 0.356 e. The van der Waals surface area contributed by atoms with Crippen molar-refractivity contribution in [1.82, 2.24) is 9.71 Å². The molecule has 1 saturated carbocycles. The summed E-state index contributed by atoms with van der Waals surface area (Å²) in [4.78, 5) is 14.5. The Labute approximate surface area is 115 Å².